The van der Waals surface area contributed by atoms with E-state index in [4.69, 9.17) is 13.9 Å². The molecule has 1 unspecified atom stereocenters. The molecule has 0 saturated heterocycles. The zero-order valence-electron chi connectivity index (χ0n) is 12.1. The molecule has 0 spiro atoms. The zero-order valence-corrected chi connectivity index (χ0v) is 12.1. The third-order valence-electron chi connectivity index (χ3n) is 3.13. The lowest BCUT2D eigenvalue weighted by Gasteiger charge is -2.08. The minimum absolute atomic E-state index is 0.0560. The summed E-state index contributed by atoms with van der Waals surface area (Å²) < 4.78 is 16.2. The minimum Gasteiger partial charge on any atom is -0.497 e. The van der Waals surface area contributed by atoms with Crippen molar-refractivity contribution >= 4 is 0 Å². The molecule has 1 aromatic carbocycles. The number of methoxy groups -OCH3 is 2. The molecule has 20 heavy (non-hydrogen) atoms. The molecule has 2 aromatic rings. The second-order valence-electron chi connectivity index (χ2n) is 4.26. The molecule has 6 heteroatoms. The molecule has 1 heterocycles. The first-order valence-corrected chi connectivity index (χ1v) is 6.46. The van der Waals surface area contributed by atoms with Gasteiger partial charge in [0.15, 0.2) is 0 Å². The Bertz CT molecular complexity index is 565. The Morgan fingerprint density at radius 1 is 1.25 bits per heavy atom. The lowest BCUT2D eigenvalue weighted by molar-refractivity contribution is 0.391. The summed E-state index contributed by atoms with van der Waals surface area (Å²) in [5, 5.41) is 11.3. The number of rotatable bonds is 6. The molecular weight excluding hydrogens is 258 g/mol. The summed E-state index contributed by atoms with van der Waals surface area (Å²) in [6, 6.07) is 5.52. The van der Waals surface area contributed by atoms with Gasteiger partial charge >= 0.3 is 0 Å². The zero-order chi connectivity index (χ0) is 14.5. The SMILES string of the molecule is CCC(NC)c1nnc(-c2ccc(OC)cc2OC)o1. The van der Waals surface area contributed by atoms with Gasteiger partial charge in [0.2, 0.25) is 5.89 Å². The van der Waals surface area contributed by atoms with Crippen molar-refractivity contribution in [2.45, 2.75) is 19.4 Å². The fourth-order valence-electron chi connectivity index (χ4n) is 1.96. The average Bonchev–Trinajstić information content (AvgIpc) is 2.97. The van der Waals surface area contributed by atoms with Crippen LogP contribution in [0.3, 0.4) is 0 Å². The van der Waals surface area contributed by atoms with E-state index >= 15 is 0 Å². The standard InChI is InChI=1S/C14H19N3O3/c1-5-11(15-2)14-17-16-13(20-14)10-7-6-9(18-3)8-12(10)19-4/h6-8,11,15H,5H2,1-4H3. The Hall–Kier alpha value is -2.08. The molecule has 0 amide bonds. The second kappa shape index (κ2) is 6.38. The molecule has 1 aromatic heterocycles. The van der Waals surface area contributed by atoms with Crippen molar-refractivity contribution in [1.29, 1.82) is 0 Å². The van der Waals surface area contributed by atoms with Crippen molar-refractivity contribution in [3.8, 4) is 23.0 Å². The van der Waals surface area contributed by atoms with Crippen LogP contribution in [0.5, 0.6) is 11.5 Å². The summed E-state index contributed by atoms with van der Waals surface area (Å²) in [6.07, 6.45) is 0.873. The lowest BCUT2D eigenvalue weighted by Crippen LogP contribution is -2.15. The normalized spacial score (nSPS) is 12.2. The van der Waals surface area contributed by atoms with Crippen molar-refractivity contribution in [3.05, 3.63) is 24.1 Å². The van der Waals surface area contributed by atoms with E-state index in [2.05, 4.69) is 22.4 Å². The highest BCUT2D eigenvalue weighted by molar-refractivity contribution is 5.64. The van der Waals surface area contributed by atoms with Crippen molar-refractivity contribution < 1.29 is 13.9 Å². The van der Waals surface area contributed by atoms with E-state index in [9.17, 15) is 0 Å². The highest BCUT2D eigenvalue weighted by atomic mass is 16.5. The topological polar surface area (TPSA) is 69.4 Å². The van der Waals surface area contributed by atoms with Crippen LogP contribution in [0.2, 0.25) is 0 Å². The second-order valence-corrected chi connectivity index (χ2v) is 4.26. The highest BCUT2D eigenvalue weighted by Gasteiger charge is 2.18. The van der Waals surface area contributed by atoms with Gasteiger partial charge in [-0.1, -0.05) is 6.92 Å². The van der Waals surface area contributed by atoms with Gasteiger partial charge in [0, 0.05) is 6.07 Å². The maximum atomic E-state index is 5.72. The summed E-state index contributed by atoms with van der Waals surface area (Å²) in [6.45, 7) is 2.05. The fraction of sp³-hybridized carbons (Fsp3) is 0.429. The molecule has 0 bridgehead atoms. The van der Waals surface area contributed by atoms with Crippen LogP contribution in [0.4, 0.5) is 0 Å². The number of hydrogen-bond acceptors (Lipinski definition) is 6. The Kier molecular flexibility index (Phi) is 4.57. The molecule has 0 fully saturated rings. The van der Waals surface area contributed by atoms with Crippen molar-refractivity contribution in [1.82, 2.24) is 15.5 Å². The van der Waals surface area contributed by atoms with Crippen LogP contribution < -0.4 is 14.8 Å². The van der Waals surface area contributed by atoms with Crippen molar-refractivity contribution in [2.75, 3.05) is 21.3 Å². The smallest absolute Gasteiger partial charge is 0.251 e. The lowest BCUT2D eigenvalue weighted by atomic mass is 10.2. The van der Waals surface area contributed by atoms with Gasteiger partial charge in [-0.15, -0.1) is 10.2 Å². The number of ether oxygens (including phenoxy) is 2. The summed E-state index contributed by atoms with van der Waals surface area (Å²) in [7, 11) is 5.07. The largest absolute Gasteiger partial charge is 0.497 e. The number of nitrogens with one attached hydrogen (secondary N) is 1. The molecule has 1 atom stereocenters. The van der Waals surface area contributed by atoms with Crippen LogP contribution in [0.25, 0.3) is 11.5 Å². The molecule has 0 aliphatic rings. The molecule has 108 valence electrons. The number of aromatic nitrogens is 2. The van der Waals surface area contributed by atoms with E-state index in [1.54, 1.807) is 20.3 Å². The first-order valence-electron chi connectivity index (χ1n) is 6.46. The molecule has 0 aliphatic heterocycles. The van der Waals surface area contributed by atoms with Gasteiger partial charge in [-0.2, -0.15) is 0 Å². The van der Waals surface area contributed by atoms with Gasteiger partial charge in [0.05, 0.1) is 25.8 Å². The van der Waals surface area contributed by atoms with Gasteiger partial charge in [0.25, 0.3) is 5.89 Å². The quantitative estimate of drug-likeness (QED) is 0.874. The van der Waals surface area contributed by atoms with Gasteiger partial charge in [-0.25, -0.2) is 0 Å². The maximum absolute atomic E-state index is 5.72. The first-order chi connectivity index (χ1) is 9.73. The Morgan fingerprint density at radius 2 is 2.05 bits per heavy atom. The van der Waals surface area contributed by atoms with Crippen LogP contribution in [-0.4, -0.2) is 31.5 Å². The van der Waals surface area contributed by atoms with E-state index in [1.807, 2.05) is 19.2 Å². The molecule has 1 N–H and O–H groups in total. The molecule has 0 radical (unpaired) electrons. The van der Waals surface area contributed by atoms with Crippen molar-refractivity contribution in [2.24, 2.45) is 0 Å². The Morgan fingerprint density at radius 3 is 2.65 bits per heavy atom. The summed E-state index contributed by atoms with van der Waals surface area (Å²) >= 11 is 0. The minimum atomic E-state index is 0.0560. The number of benzene rings is 1. The summed E-state index contributed by atoms with van der Waals surface area (Å²) in [4.78, 5) is 0. The third-order valence-corrected chi connectivity index (χ3v) is 3.13. The molecule has 2 rings (SSSR count). The van der Waals surface area contributed by atoms with Gasteiger partial charge in [-0.05, 0) is 25.6 Å². The van der Waals surface area contributed by atoms with Crippen molar-refractivity contribution in [3.63, 3.8) is 0 Å². The highest BCUT2D eigenvalue weighted by Crippen LogP contribution is 2.33. The Balaban J connectivity index is 2.36. The predicted octanol–water partition coefficient (Wildman–Crippen LogP) is 2.42. The summed E-state index contributed by atoms with van der Waals surface area (Å²) in [5.41, 5.74) is 0.748. The molecule has 0 aliphatic carbocycles. The van der Waals surface area contributed by atoms with E-state index in [0.29, 0.717) is 23.3 Å². The number of hydrogen-bond donors (Lipinski definition) is 1. The molecule has 0 saturated carbocycles. The molecular formula is C14H19N3O3. The number of nitrogens with zero attached hydrogens (tertiary/aromatic N) is 2. The van der Waals surface area contributed by atoms with E-state index in [0.717, 1.165) is 12.0 Å². The van der Waals surface area contributed by atoms with Gasteiger partial charge in [-0.3, -0.25) is 0 Å². The Labute approximate surface area is 118 Å². The van der Waals surface area contributed by atoms with Crippen LogP contribution >= 0.6 is 0 Å². The van der Waals surface area contributed by atoms with Gasteiger partial charge < -0.3 is 19.2 Å². The molecule has 6 nitrogen and oxygen atoms in total. The van der Waals surface area contributed by atoms with Gasteiger partial charge in [0.1, 0.15) is 11.5 Å². The maximum Gasteiger partial charge on any atom is 0.251 e. The predicted molar refractivity (Wildman–Crippen MR) is 74.9 cm³/mol. The van der Waals surface area contributed by atoms with E-state index in [-0.39, 0.29) is 6.04 Å². The third kappa shape index (κ3) is 2.75. The fourth-order valence-corrected chi connectivity index (χ4v) is 1.96. The van der Waals surface area contributed by atoms with Crippen LogP contribution in [0, 0.1) is 0 Å². The summed E-state index contributed by atoms with van der Waals surface area (Å²) in [5.74, 6) is 2.36. The first kappa shape index (κ1) is 14.3. The van der Waals surface area contributed by atoms with Crippen LogP contribution in [0.15, 0.2) is 22.6 Å². The van der Waals surface area contributed by atoms with E-state index < -0.39 is 0 Å². The van der Waals surface area contributed by atoms with Crippen LogP contribution in [-0.2, 0) is 0 Å². The monoisotopic (exact) mass is 277 g/mol. The van der Waals surface area contributed by atoms with E-state index in [1.165, 1.54) is 0 Å². The average molecular weight is 277 g/mol. The van der Waals surface area contributed by atoms with Crippen LogP contribution in [0.1, 0.15) is 25.3 Å².